The Morgan fingerprint density at radius 2 is 1.90 bits per heavy atom. The molecule has 1 aromatic carbocycles. The number of nitrogens with zero attached hydrogens (tertiary/aromatic N) is 1. The molecule has 1 aliphatic carbocycles. The Kier molecular flexibility index (Phi) is 7.42. The monoisotopic (exact) mass is 419 g/mol. The van der Waals surface area contributed by atoms with E-state index >= 15 is 0 Å². The summed E-state index contributed by atoms with van der Waals surface area (Å²) in [4.78, 5) is 39.0. The van der Waals surface area contributed by atoms with E-state index in [0.29, 0.717) is 25.8 Å². The minimum atomic E-state index is -2.15. The Labute approximate surface area is 176 Å². The summed E-state index contributed by atoms with van der Waals surface area (Å²) in [5.41, 5.74) is 3.73. The fourth-order valence-electron chi connectivity index (χ4n) is 4.54. The maximum Gasteiger partial charge on any atom is 0.278 e. The normalized spacial score (nSPS) is 20.5. The number of carbonyl (C=O) groups excluding carboxylic acids is 3. The highest BCUT2D eigenvalue weighted by atomic mass is 19.1. The van der Waals surface area contributed by atoms with Gasteiger partial charge in [-0.2, -0.15) is 0 Å². The highest BCUT2D eigenvalue weighted by molar-refractivity contribution is 5.92. The molecule has 164 valence electrons. The first-order chi connectivity index (χ1) is 14.5. The van der Waals surface area contributed by atoms with Gasteiger partial charge in [-0.05, 0) is 43.2 Å². The summed E-state index contributed by atoms with van der Waals surface area (Å²) in [6.45, 7) is 2.27. The summed E-state index contributed by atoms with van der Waals surface area (Å²) >= 11 is 0. The van der Waals surface area contributed by atoms with Crippen molar-refractivity contribution in [2.45, 2.75) is 70.1 Å². The van der Waals surface area contributed by atoms with Crippen LogP contribution in [0.2, 0.25) is 0 Å². The molecule has 2 aliphatic rings. The molecular weight excluding hydrogens is 389 g/mol. The van der Waals surface area contributed by atoms with Crippen LogP contribution in [0.15, 0.2) is 24.3 Å². The molecule has 0 bridgehead atoms. The molecule has 1 aliphatic heterocycles. The third kappa shape index (κ3) is 4.80. The minimum absolute atomic E-state index is 0.0163. The lowest BCUT2D eigenvalue weighted by molar-refractivity contribution is -0.149. The Hall–Kier alpha value is -2.48. The van der Waals surface area contributed by atoms with Gasteiger partial charge in [-0.3, -0.25) is 19.6 Å². The third-order valence-electron chi connectivity index (χ3n) is 6.14. The molecule has 0 aromatic heterocycles. The van der Waals surface area contributed by atoms with Gasteiger partial charge in [-0.25, -0.2) is 9.87 Å². The maximum atomic E-state index is 14.6. The third-order valence-corrected chi connectivity index (χ3v) is 6.14. The van der Waals surface area contributed by atoms with Crippen LogP contribution in [-0.4, -0.2) is 52.6 Å². The number of nitrogens with one attached hydrogen (secondary N) is 2. The van der Waals surface area contributed by atoms with Gasteiger partial charge in [0, 0.05) is 12.6 Å². The molecule has 1 fully saturated rings. The van der Waals surface area contributed by atoms with E-state index in [0.717, 1.165) is 19.3 Å². The number of likely N-dealkylation sites (tertiary alicyclic amines) is 1. The second-order valence-electron chi connectivity index (χ2n) is 8.20. The van der Waals surface area contributed by atoms with Gasteiger partial charge in [0.05, 0.1) is 5.92 Å². The van der Waals surface area contributed by atoms with Crippen molar-refractivity contribution in [3.8, 4) is 0 Å². The van der Waals surface area contributed by atoms with Gasteiger partial charge in [0.15, 0.2) is 6.17 Å². The van der Waals surface area contributed by atoms with Crippen LogP contribution in [0.25, 0.3) is 0 Å². The number of benzene rings is 1. The average molecular weight is 419 g/mol. The number of fused-ring (bicyclic) bond motifs is 1. The number of hydrogen-bond acceptors (Lipinski definition) is 4. The number of unbranched alkanes of at least 4 members (excludes halogenated alkanes) is 1. The van der Waals surface area contributed by atoms with Crippen LogP contribution in [0.3, 0.4) is 0 Å². The number of amides is 3. The van der Waals surface area contributed by atoms with Crippen LogP contribution in [0.5, 0.6) is 0 Å². The molecule has 3 atom stereocenters. The number of carbonyl (C=O) groups is 3. The van der Waals surface area contributed by atoms with E-state index in [1.165, 1.54) is 21.5 Å². The topological polar surface area (TPSA) is 98.7 Å². The number of halogens is 1. The molecule has 0 radical (unpaired) electrons. The van der Waals surface area contributed by atoms with Gasteiger partial charge in [-0.1, -0.05) is 44.0 Å². The summed E-state index contributed by atoms with van der Waals surface area (Å²) in [7, 11) is 0. The molecule has 1 heterocycles. The van der Waals surface area contributed by atoms with Crippen molar-refractivity contribution in [3.05, 3.63) is 35.4 Å². The van der Waals surface area contributed by atoms with Gasteiger partial charge < -0.3 is 10.2 Å². The second-order valence-corrected chi connectivity index (χ2v) is 8.20. The molecule has 0 spiro atoms. The SMILES string of the molecule is CCCC[C@@H](C(=O)N1CCC[C@H]1C(=O)NC1Cc2ccccc2C1)[C@@H](F)C(=O)NO. The van der Waals surface area contributed by atoms with E-state index < -0.39 is 29.9 Å². The van der Waals surface area contributed by atoms with E-state index in [1.54, 1.807) is 0 Å². The Morgan fingerprint density at radius 1 is 1.23 bits per heavy atom. The van der Waals surface area contributed by atoms with Gasteiger partial charge >= 0.3 is 0 Å². The highest BCUT2D eigenvalue weighted by Crippen LogP contribution is 2.27. The van der Waals surface area contributed by atoms with Crippen molar-refractivity contribution in [2.75, 3.05) is 6.54 Å². The molecule has 0 unspecified atom stereocenters. The van der Waals surface area contributed by atoms with Crippen molar-refractivity contribution in [2.24, 2.45) is 5.92 Å². The van der Waals surface area contributed by atoms with E-state index in [9.17, 15) is 18.8 Å². The van der Waals surface area contributed by atoms with Crippen LogP contribution in [0, 0.1) is 5.92 Å². The van der Waals surface area contributed by atoms with Crippen molar-refractivity contribution in [3.63, 3.8) is 0 Å². The molecule has 7 nitrogen and oxygen atoms in total. The van der Waals surface area contributed by atoms with Crippen molar-refractivity contribution in [1.82, 2.24) is 15.7 Å². The lowest BCUT2D eigenvalue weighted by Crippen LogP contribution is -2.52. The fourth-order valence-corrected chi connectivity index (χ4v) is 4.54. The van der Waals surface area contributed by atoms with Gasteiger partial charge in [0.2, 0.25) is 11.8 Å². The molecule has 3 N–H and O–H groups in total. The standard InChI is InChI=1S/C22H30FN3O4/c1-2-3-9-17(19(23)21(28)25-30)22(29)26-11-6-10-18(26)20(27)24-16-12-14-7-4-5-8-15(14)13-16/h4-5,7-8,16-19,30H,2-3,6,9-13H2,1H3,(H,24,27)(H,25,28)/t17-,18+,19-/m1/s1. The predicted octanol–water partition coefficient (Wildman–Crippen LogP) is 1.91. The molecule has 3 amide bonds. The second kappa shape index (κ2) is 10.0. The maximum absolute atomic E-state index is 14.6. The minimum Gasteiger partial charge on any atom is -0.351 e. The summed E-state index contributed by atoms with van der Waals surface area (Å²) in [5, 5.41) is 11.8. The average Bonchev–Trinajstić information content (AvgIpc) is 3.39. The first kappa shape index (κ1) is 22.2. The quantitative estimate of drug-likeness (QED) is 0.443. The van der Waals surface area contributed by atoms with Gasteiger partial charge in [-0.15, -0.1) is 0 Å². The summed E-state index contributed by atoms with van der Waals surface area (Å²) in [5.74, 6) is -3.20. The van der Waals surface area contributed by atoms with E-state index in [4.69, 9.17) is 5.21 Å². The highest BCUT2D eigenvalue weighted by Gasteiger charge is 2.42. The Bertz CT molecular complexity index is 762. The first-order valence-corrected chi connectivity index (χ1v) is 10.7. The van der Waals surface area contributed by atoms with Crippen LogP contribution < -0.4 is 10.8 Å². The molecule has 1 aromatic rings. The number of alkyl halides is 1. The zero-order chi connectivity index (χ0) is 21.7. The lowest BCUT2D eigenvalue weighted by atomic mass is 9.94. The van der Waals surface area contributed by atoms with Gasteiger partial charge in [0.25, 0.3) is 5.91 Å². The molecular formula is C22H30FN3O4. The fraction of sp³-hybridized carbons (Fsp3) is 0.591. The van der Waals surface area contributed by atoms with Crippen molar-refractivity contribution in [1.29, 1.82) is 0 Å². The summed E-state index contributed by atoms with van der Waals surface area (Å²) in [6, 6.07) is 7.39. The predicted molar refractivity (Wildman–Crippen MR) is 108 cm³/mol. The lowest BCUT2D eigenvalue weighted by Gasteiger charge is -2.30. The van der Waals surface area contributed by atoms with Crippen molar-refractivity contribution >= 4 is 17.7 Å². The number of hydrogen-bond donors (Lipinski definition) is 3. The largest absolute Gasteiger partial charge is 0.351 e. The summed E-state index contributed by atoms with van der Waals surface area (Å²) in [6.07, 6.45) is 2.02. The van der Waals surface area contributed by atoms with Crippen LogP contribution in [0.1, 0.15) is 50.2 Å². The molecule has 0 saturated carbocycles. The smallest absolute Gasteiger partial charge is 0.278 e. The molecule has 30 heavy (non-hydrogen) atoms. The molecule has 3 rings (SSSR count). The summed E-state index contributed by atoms with van der Waals surface area (Å²) < 4.78 is 14.6. The first-order valence-electron chi connectivity index (χ1n) is 10.7. The van der Waals surface area contributed by atoms with Crippen molar-refractivity contribution < 1.29 is 24.0 Å². The van der Waals surface area contributed by atoms with E-state index in [2.05, 4.69) is 17.4 Å². The van der Waals surface area contributed by atoms with Crippen LogP contribution >= 0.6 is 0 Å². The molecule has 8 heteroatoms. The van der Waals surface area contributed by atoms with E-state index in [-0.39, 0.29) is 18.4 Å². The zero-order valence-electron chi connectivity index (χ0n) is 17.3. The Morgan fingerprint density at radius 3 is 2.50 bits per heavy atom. The number of rotatable bonds is 8. The molecule has 1 saturated heterocycles. The van der Waals surface area contributed by atoms with Crippen LogP contribution in [0.4, 0.5) is 4.39 Å². The van der Waals surface area contributed by atoms with Gasteiger partial charge in [0.1, 0.15) is 6.04 Å². The zero-order valence-corrected chi connectivity index (χ0v) is 17.3. The Balaban J connectivity index is 1.66. The van der Waals surface area contributed by atoms with Crippen LogP contribution in [-0.2, 0) is 27.2 Å². The van der Waals surface area contributed by atoms with E-state index in [1.807, 2.05) is 19.1 Å². The number of hydroxylamine groups is 1.